The molecule has 0 radical (unpaired) electrons. The molecule has 1 nitrogen and oxygen atoms in total. The molecule has 0 spiro atoms. The van der Waals surface area contributed by atoms with E-state index < -0.39 is 0 Å². The van der Waals surface area contributed by atoms with Crippen molar-refractivity contribution in [1.29, 1.82) is 0 Å². The summed E-state index contributed by atoms with van der Waals surface area (Å²) in [6.07, 6.45) is 0. The minimum atomic E-state index is 0.330. The summed E-state index contributed by atoms with van der Waals surface area (Å²) in [5.74, 6) is 1.62. The van der Waals surface area contributed by atoms with E-state index in [4.69, 9.17) is 5.11 Å². The monoisotopic (exact) mass is 154 g/mol. The smallest absolute Gasteiger partial charge is 0.0470 e. The largest absolute Gasteiger partial charge is 0.396 e. The van der Waals surface area contributed by atoms with Crippen LogP contribution >= 0.6 is 0 Å². The van der Waals surface area contributed by atoms with Crippen LogP contribution in [0.5, 0.6) is 0 Å². The maximum absolute atomic E-state index is 9.12. The van der Waals surface area contributed by atoms with E-state index in [1.807, 2.05) is 0 Å². The van der Waals surface area contributed by atoms with Crippen LogP contribution in [0.25, 0.3) is 0 Å². The normalized spacial score (nSPS) is 38.5. The second-order valence-electron chi connectivity index (χ2n) is 3.79. The zero-order valence-corrected chi connectivity index (χ0v) is 7.89. The molecule has 0 saturated heterocycles. The van der Waals surface area contributed by atoms with Crippen molar-refractivity contribution in [3.8, 4) is 0 Å². The lowest BCUT2D eigenvalue weighted by Gasteiger charge is -2.18. The Labute approximate surface area is 69.1 Å². The zero-order chi connectivity index (χ0) is 8.59. The van der Waals surface area contributed by atoms with Crippen molar-refractivity contribution < 1.29 is 5.11 Å². The van der Waals surface area contributed by atoms with Crippen molar-refractivity contribution in [3.05, 3.63) is 11.1 Å². The minimum Gasteiger partial charge on any atom is -0.396 e. The Balaban J connectivity index is 2.83. The molecule has 0 aromatic heterocycles. The first kappa shape index (κ1) is 8.79. The first-order valence-electron chi connectivity index (χ1n) is 4.37. The highest BCUT2D eigenvalue weighted by Crippen LogP contribution is 2.40. The van der Waals surface area contributed by atoms with E-state index in [2.05, 4.69) is 27.7 Å². The molecule has 0 heterocycles. The molecule has 0 aromatic rings. The predicted molar refractivity (Wildman–Crippen MR) is 47.3 cm³/mol. The van der Waals surface area contributed by atoms with Gasteiger partial charge in [0.2, 0.25) is 0 Å². The van der Waals surface area contributed by atoms with Crippen molar-refractivity contribution in [2.45, 2.75) is 27.7 Å². The van der Waals surface area contributed by atoms with Crippen LogP contribution in [0.4, 0.5) is 0 Å². The van der Waals surface area contributed by atoms with Gasteiger partial charge in [0.25, 0.3) is 0 Å². The van der Waals surface area contributed by atoms with E-state index in [1.54, 1.807) is 0 Å². The predicted octanol–water partition coefficient (Wildman–Crippen LogP) is 2.22. The van der Waals surface area contributed by atoms with Crippen molar-refractivity contribution in [2.75, 3.05) is 6.61 Å². The van der Waals surface area contributed by atoms with E-state index in [0.717, 1.165) is 0 Å². The lowest BCUT2D eigenvalue weighted by molar-refractivity contribution is 0.177. The third kappa shape index (κ3) is 1.22. The summed E-state index contributed by atoms with van der Waals surface area (Å²) in [6, 6.07) is 0. The molecule has 0 amide bonds. The number of hydrogen-bond donors (Lipinski definition) is 1. The third-order valence-electron chi connectivity index (χ3n) is 3.48. The highest BCUT2D eigenvalue weighted by molar-refractivity contribution is 5.23. The SMILES string of the molecule is CC1=C(C)C(C)C(CO)C1C. The maximum atomic E-state index is 9.12. The van der Waals surface area contributed by atoms with Crippen LogP contribution in [0.15, 0.2) is 11.1 Å². The second kappa shape index (κ2) is 2.98. The van der Waals surface area contributed by atoms with E-state index in [9.17, 15) is 0 Å². The molecule has 0 saturated carbocycles. The number of hydrogen-bond acceptors (Lipinski definition) is 1. The van der Waals surface area contributed by atoms with Gasteiger partial charge in [-0.3, -0.25) is 0 Å². The molecule has 1 N–H and O–H groups in total. The van der Waals surface area contributed by atoms with E-state index in [1.165, 1.54) is 11.1 Å². The van der Waals surface area contributed by atoms with Crippen LogP contribution in [0, 0.1) is 17.8 Å². The molecule has 1 rings (SSSR count). The molecule has 0 aliphatic heterocycles. The van der Waals surface area contributed by atoms with Crippen LogP contribution in [-0.2, 0) is 0 Å². The van der Waals surface area contributed by atoms with E-state index >= 15 is 0 Å². The molecule has 0 aromatic carbocycles. The minimum absolute atomic E-state index is 0.330. The average Bonchev–Trinajstić information content (AvgIpc) is 2.17. The Bertz CT molecular complexity index is 163. The maximum Gasteiger partial charge on any atom is 0.0470 e. The van der Waals surface area contributed by atoms with Gasteiger partial charge in [-0.05, 0) is 31.6 Å². The number of aliphatic hydroxyl groups excluding tert-OH is 1. The Morgan fingerprint density at radius 3 is 1.64 bits per heavy atom. The van der Waals surface area contributed by atoms with Crippen molar-refractivity contribution in [1.82, 2.24) is 0 Å². The molecular formula is C10H18O. The standard InChI is InChI=1S/C10H18O/c1-6-7(2)9(4)10(5-11)8(6)3/h8-11H,5H2,1-4H3. The van der Waals surface area contributed by atoms with Gasteiger partial charge in [-0.1, -0.05) is 25.0 Å². The lowest BCUT2D eigenvalue weighted by atomic mass is 9.88. The van der Waals surface area contributed by atoms with Gasteiger partial charge < -0.3 is 5.11 Å². The van der Waals surface area contributed by atoms with Crippen molar-refractivity contribution in [3.63, 3.8) is 0 Å². The summed E-state index contributed by atoms with van der Waals surface area (Å²) in [5.41, 5.74) is 2.97. The molecule has 2 unspecified atom stereocenters. The Kier molecular flexibility index (Phi) is 2.38. The summed E-state index contributed by atoms with van der Waals surface area (Å²) in [7, 11) is 0. The molecule has 0 fully saturated rings. The fourth-order valence-electron chi connectivity index (χ4n) is 2.11. The Hall–Kier alpha value is -0.300. The van der Waals surface area contributed by atoms with Gasteiger partial charge in [0, 0.05) is 6.61 Å². The van der Waals surface area contributed by atoms with Gasteiger partial charge in [0.1, 0.15) is 0 Å². The molecule has 1 heteroatoms. The van der Waals surface area contributed by atoms with Gasteiger partial charge in [-0.15, -0.1) is 0 Å². The highest BCUT2D eigenvalue weighted by Gasteiger charge is 2.32. The molecule has 64 valence electrons. The lowest BCUT2D eigenvalue weighted by Crippen LogP contribution is -2.17. The molecular weight excluding hydrogens is 136 g/mol. The quantitative estimate of drug-likeness (QED) is 0.574. The van der Waals surface area contributed by atoms with Crippen LogP contribution in [-0.4, -0.2) is 11.7 Å². The summed E-state index contributed by atoms with van der Waals surface area (Å²) < 4.78 is 0. The van der Waals surface area contributed by atoms with E-state index in [0.29, 0.717) is 24.4 Å². The first-order chi connectivity index (χ1) is 5.09. The second-order valence-corrected chi connectivity index (χ2v) is 3.79. The van der Waals surface area contributed by atoms with Crippen LogP contribution in [0.2, 0.25) is 0 Å². The summed E-state index contributed by atoms with van der Waals surface area (Å²) in [5, 5.41) is 9.12. The van der Waals surface area contributed by atoms with Crippen LogP contribution in [0.1, 0.15) is 27.7 Å². The number of aliphatic hydroxyl groups is 1. The first-order valence-corrected chi connectivity index (χ1v) is 4.37. The van der Waals surface area contributed by atoms with E-state index in [-0.39, 0.29) is 0 Å². The summed E-state index contributed by atoms with van der Waals surface area (Å²) in [4.78, 5) is 0. The topological polar surface area (TPSA) is 20.2 Å². The van der Waals surface area contributed by atoms with Crippen molar-refractivity contribution >= 4 is 0 Å². The third-order valence-corrected chi connectivity index (χ3v) is 3.48. The van der Waals surface area contributed by atoms with Gasteiger partial charge >= 0.3 is 0 Å². The number of rotatable bonds is 1. The number of allylic oxidation sites excluding steroid dienone is 2. The van der Waals surface area contributed by atoms with Crippen molar-refractivity contribution in [2.24, 2.45) is 17.8 Å². The van der Waals surface area contributed by atoms with Crippen LogP contribution in [0.3, 0.4) is 0 Å². The Morgan fingerprint density at radius 1 is 1.09 bits per heavy atom. The summed E-state index contributed by atoms with van der Waals surface area (Å²) >= 11 is 0. The molecule has 2 atom stereocenters. The molecule has 0 bridgehead atoms. The average molecular weight is 154 g/mol. The molecule has 11 heavy (non-hydrogen) atoms. The van der Waals surface area contributed by atoms with Gasteiger partial charge in [0.05, 0.1) is 0 Å². The zero-order valence-electron chi connectivity index (χ0n) is 7.89. The summed E-state index contributed by atoms with van der Waals surface area (Å²) in [6.45, 7) is 9.13. The Morgan fingerprint density at radius 2 is 1.45 bits per heavy atom. The van der Waals surface area contributed by atoms with Gasteiger partial charge in [-0.2, -0.15) is 0 Å². The highest BCUT2D eigenvalue weighted by atomic mass is 16.3. The molecule has 1 aliphatic carbocycles. The van der Waals surface area contributed by atoms with Crippen LogP contribution < -0.4 is 0 Å². The van der Waals surface area contributed by atoms with Gasteiger partial charge in [-0.25, -0.2) is 0 Å². The fourth-order valence-corrected chi connectivity index (χ4v) is 2.11. The van der Waals surface area contributed by atoms with Gasteiger partial charge in [0.15, 0.2) is 0 Å². The molecule has 1 aliphatic rings. The fraction of sp³-hybridized carbons (Fsp3) is 0.800.